The van der Waals surface area contributed by atoms with Gasteiger partial charge in [0.05, 0.1) is 28.0 Å². The number of carbonyl (C=O) groups excluding carboxylic acids is 9. The van der Waals surface area contributed by atoms with Crippen molar-refractivity contribution >= 4 is 227 Å². The van der Waals surface area contributed by atoms with Gasteiger partial charge >= 0.3 is 17.9 Å². The summed E-state index contributed by atoms with van der Waals surface area (Å²) in [6.07, 6.45) is 18.1. The van der Waals surface area contributed by atoms with Crippen molar-refractivity contribution in [2.24, 2.45) is 0 Å². The van der Waals surface area contributed by atoms with Crippen molar-refractivity contribution < 1.29 is 72.0 Å². The molecular weight excluding hydrogens is 2170 g/mol. The van der Waals surface area contributed by atoms with E-state index in [0.29, 0.717) is 180 Å². The van der Waals surface area contributed by atoms with Gasteiger partial charge in [0.1, 0.15) is 39.6 Å². The topological polar surface area (TPSA) is 326 Å². The number of benzene rings is 8. The highest BCUT2D eigenvalue weighted by Gasteiger charge is 2.33. The Hall–Kier alpha value is -10.9. The molecule has 0 atom stereocenters. The van der Waals surface area contributed by atoms with Crippen LogP contribution in [0.15, 0.2) is 223 Å². The number of carboxylic acid groups (broad SMARTS) is 1. The number of amides is 7. The lowest BCUT2D eigenvalue weighted by Crippen LogP contribution is -2.52. The number of cyclic esters (lactones) is 2. The number of hydrogen-bond acceptors (Lipinski definition) is 19. The minimum absolute atomic E-state index is 0.00182. The summed E-state index contributed by atoms with van der Waals surface area (Å²) >= 11 is 38.3. The molecule has 5 saturated heterocycles. The first-order valence-corrected chi connectivity index (χ1v) is 51.7. The maximum absolute atomic E-state index is 13.6. The maximum Gasteiger partial charge on any atom is 0.339 e. The molecule has 17 rings (SSSR count). The molecule has 3 aliphatic carbocycles. The maximum atomic E-state index is 13.6. The number of rotatable bonds is 32. The van der Waals surface area contributed by atoms with E-state index in [1.807, 2.05) is 194 Å². The van der Waals surface area contributed by atoms with E-state index in [1.54, 1.807) is 14.7 Å². The SMILES string of the molecule is O=C(NCCN1CCN(C(=O)COCC(=O)N2CCN(CCNC(=O)c3c(/C=C/c4ccc(Cl)cc4)[nH]c4cc(Br)ccc34)CC2)CC1)C1=C(/C=C/c2ccc(Cl)cc2)Cc2cc(Br)ccc21.O=C(NCCN1CCNCC1)C1=C(/C=C/c2ccc(Cl)cc2)Cc2cc(Br)ccc21.O=C(O)COCC(=O)N1CCN(CCNC(=O)C2=C(/C=C/c3ccc(Cl)cc3)Cc3cc(Br)ccc32)CC1.O=C1COCC(=O)O1. The second-order valence-corrected chi connectivity index (χ2v) is 40.2. The number of hydrogen-bond donors (Lipinski definition) is 7. The number of aliphatic carboxylic acids is 1. The van der Waals surface area contributed by atoms with Crippen LogP contribution in [0, 0.1) is 0 Å². The van der Waals surface area contributed by atoms with Gasteiger partial charge in [0.15, 0.2) is 0 Å². The van der Waals surface area contributed by atoms with Crippen molar-refractivity contribution in [3.05, 3.63) is 310 Å². The number of nitrogens with zero attached hydrogens (tertiary/aromatic N) is 7. The molecule has 0 unspecified atom stereocenters. The number of piperazine rings is 4. The zero-order valence-corrected chi connectivity index (χ0v) is 87.8. The van der Waals surface area contributed by atoms with Crippen LogP contribution in [-0.4, -0.2) is 300 Å². The monoisotopic (exact) mass is 2270 g/mol. The molecule has 9 aromatic rings. The number of aromatic amines is 1. The zero-order valence-electron chi connectivity index (χ0n) is 78.4. The highest BCUT2D eigenvalue weighted by atomic mass is 79.9. The second kappa shape index (κ2) is 53.8. The largest absolute Gasteiger partial charge is 0.480 e. The minimum Gasteiger partial charge on any atom is -0.480 e. The predicted molar refractivity (Wildman–Crippen MR) is 573 cm³/mol. The molecule has 5 fully saturated rings. The number of ether oxygens (including phenoxy) is 4. The van der Waals surface area contributed by atoms with Gasteiger partial charge in [-0.05, 0) is 195 Å². The van der Waals surface area contributed by atoms with Crippen molar-refractivity contribution in [3.8, 4) is 0 Å². The van der Waals surface area contributed by atoms with Crippen LogP contribution in [0.3, 0.4) is 0 Å². The molecule has 8 aliphatic rings. The summed E-state index contributed by atoms with van der Waals surface area (Å²) in [7, 11) is 0. The van der Waals surface area contributed by atoms with Gasteiger partial charge in [-0.25, -0.2) is 14.4 Å². The average Bonchev–Trinajstić information content (AvgIpc) is 1.65. The Morgan fingerprint density at radius 1 is 0.371 bits per heavy atom. The van der Waals surface area contributed by atoms with Crippen molar-refractivity contribution in [3.63, 3.8) is 0 Å². The molecule has 0 spiro atoms. The summed E-state index contributed by atoms with van der Waals surface area (Å²) in [5, 5.41) is 28.0. The number of H-pyrrole nitrogens is 1. The van der Waals surface area contributed by atoms with Gasteiger partial charge in [-0.15, -0.1) is 0 Å². The number of esters is 2. The van der Waals surface area contributed by atoms with Gasteiger partial charge in [-0.1, -0.05) is 225 Å². The van der Waals surface area contributed by atoms with E-state index in [2.05, 4.69) is 149 Å². The fourth-order valence-corrected chi connectivity index (χ4v) is 19.6. The molecule has 0 radical (unpaired) electrons. The van der Waals surface area contributed by atoms with E-state index in [-0.39, 0.29) is 74.4 Å². The molecule has 36 heteroatoms. The average molecular weight is 2280 g/mol. The van der Waals surface area contributed by atoms with Crippen LogP contribution >= 0.6 is 110 Å². The van der Waals surface area contributed by atoms with E-state index < -0.39 is 24.5 Å². The van der Waals surface area contributed by atoms with Crippen molar-refractivity contribution in [1.29, 1.82) is 0 Å². The van der Waals surface area contributed by atoms with Crippen LogP contribution in [0.1, 0.15) is 71.7 Å². The fraction of sp³-hybridized carbons (Fsp3) is 0.308. The molecule has 6 heterocycles. The lowest BCUT2D eigenvalue weighted by atomic mass is 10.0. The highest BCUT2D eigenvalue weighted by Crippen LogP contribution is 2.40. The molecule has 28 nitrogen and oxygen atoms in total. The van der Waals surface area contributed by atoms with Crippen molar-refractivity contribution in [2.45, 2.75) is 19.3 Å². The third-order valence-corrected chi connectivity index (χ3v) is 28.0. The number of aromatic nitrogens is 1. The Labute approximate surface area is 883 Å². The van der Waals surface area contributed by atoms with Gasteiger partial charge in [0.25, 0.3) is 23.6 Å². The molecule has 5 aliphatic heterocycles. The van der Waals surface area contributed by atoms with Gasteiger partial charge < -0.3 is 70.3 Å². The first kappa shape index (κ1) is 108. The summed E-state index contributed by atoms with van der Waals surface area (Å²) in [6.45, 7) is 15.0. The smallest absolute Gasteiger partial charge is 0.339 e. The van der Waals surface area contributed by atoms with Crippen LogP contribution in [0.2, 0.25) is 20.1 Å². The Bertz CT molecular complexity index is 6330. The van der Waals surface area contributed by atoms with Gasteiger partial charge in [-0.3, -0.25) is 53.2 Å². The summed E-state index contributed by atoms with van der Waals surface area (Å²) in [5.41, 5.74) is 17.6. The van der Waals surface area contributed by atoms with E-state index in [0.717, 1.165) is 140 Å². The molecule has 7 N–H and O–H groups in total. The third kappa shape index (κ3) is 32.1. The summed E-state index contributed by atoms with van der Waals surface area (Å²) < 4.78 is 23.0. The van der Waals surface area contributed by atoms with E-state index in [1.165, 1.54) is 5.56 Å². The normalized spacial score (nSPS) is 16.3. The van der Waals surface area contributed by atoms with E-state index in [4.69, 9.17) is 61.0 Å². The van der Waals surface area contributed by atoms with Gasteiger partial charge in [0, 0.05) is 206 Å². The number of carboxylic acids is 1. The highest BCUT2D eigenvalue weighted by molar-refractivity contribution is 9.11. The molecule has 0 saturated carbocycles. The molecule has 748 valence electrons. The fourth-order valence-electron chi connectivity index (χ4n) is 17.5. The molecule has 7 amide bonds. The molecule has 143 heavy (non-hydrogen) atoms. The standard InChI is InChI=1S/C51H51Br2Cl2N7O5.C28H29BrClN3O5.C24H25BrClN3O.C4H4O4/c52-38-8-14-42-37(30-38)29-36(7-1-34-2-10-40(54)11-3-34)48(42)50(65)56-17-19-59-21-25-61(26-22-59)46(63)32-67-33-47(64)62-27-23-60(24-28-62)20-18-57-51(66)49-43-15-9-39(53)31-45(43)58-44(49)16-6-35-4-12-41(55)13-5-35;29-22-5-8-24-21(16-22)15-20(4-1-19-2-6-23(30)7-3-19)27(24)28(37)31-9-10-32-11-13-33(14-12-32)25(34)17-38-18-26(35)36;25-20-5-8-22-19(16-20)15-18(4-1-17-2-6-21(26)7-3-17)23(22)24(30)28-11-14-29-12-9-27-10-13-29;5-3-1-7-2-4(6)8-3/h1-16,30-31,58H,17-29,32-33H2,(H,56,65)(H,57,66);1-8,16H,9-15,17-18H2,(H,31,37)(H,35,36);1-8,16,27H,9-15H2,(H,28,30);1-2H2/b7-1+,16-6+;2*4-1+;. The zero-order chi connectivity index (χ0) is 101. The van der Waals surface area contributed by atoms with Crippen LogP contribution in [0.25, 0.3) is 58.0 Å². The quantitative estimate of drug-likeness (QED) is 0.0152. The van der Waals surface area contributed by atoms with Gasteiger partial charge in [0.2, 0.25) is 17.7 Å². The Morgan fingerprint density at radius 2 is 0.678 bits per heavy atom. The predicted octanol–water partition coefficient (Wildman–Crippen LogP) is 14.8. The molecular formula is C107H109Br4Cl4N13O15. The number of allylic oxidation sites excluding steroid dienone is 6. The summed E-state index contributed by atoms with van der Waals surface area (Å²) in [6, 6.07) is 54.3. The first-order chi connectivity index (χ1) is 69.1. The van der Waals surface area contributed by atoms with Gasteiger partial charge in [-0.2, -0.15) is 0 Å². The summed E-state index contributed by atoms with van der Waals surface area (Å²) in [5.74, 6) is -3.19. The van der Waals surface area contributed by atoms with Crippen molar-refractivity contribution in [2.75, 3.05) is 197 Å². The second-order valence-electron chi connectivity index (χ2n) is 34.8. The van der Waals surface area contributed by atoms with E-state index in [9.17, 15) is 47.9 Å². The number of nitrogens with one attached hydrogen (secondary N) is 6. The Kier molecular flexibility index (Phi) is 40.6. The molecule has 8 aromatic carbocycles. The number of carbonyl (C=O) groups is 10. The van der Waals surface area contributed by atoms with Crippen LogP contribution in [0.5, 0.6) is 0 Å². The summed E-state index contributed by atoms with van der Waals surface area (Å²) in [4.78, 5) is 140. The lowest BCUT2D eigenvalue weighted by Gasteiger charge is -2.35. The van der Waals surface area contributed by atoms with Crippen molar-refractivity contribution in [1.82, 2.24) is 65.9 Å². The number of fused-ring (bicyclic) bond motifs is 4. The van der Waals surface area contributed by atoms with Crippen LogP contribution in [0.4, 0.5) is 0 Å². The minimum atomic E-state index is -1.10. The first-order valence-electron chi connectivity index (χ1n) is 47.0. The lowest BCUT2D eigenvalue weighted by molar-refractivity contribution is -0.174. The molecule has 1 aromatic heterocycles. The molecule has 0 bridgehead atoms. The third-order valence-electron chi connectivity index (χ3n) is 25.0. The van der Waals surface area contributed by atoms with Crippen LogP contribution in [-0.2, 0) is 81.4 Å². The van der Waals surface area contributed by atoms with E-state index >= 15 is 0 Å². The number of halogens is 8. The Balaban J connectivity index is 0.000000178. The Morgan fingerprint density at radius 3 is 1.01 bits per heavy atom. The van der Waals surface area contributed by atoms with Crippen LogP contribution < -0.4 is 26.6 Å².